The van der Waals surface area contributed by atoms with Crippen LogP contribution in [0.4, 0.5) is 15.8 Å². The summed E-state index contributed by atoms with van der Waals surface area (Å²) in [6.07, 6.45) is 1.32. The standard InChI is InChI=1S/C24H19ClFIN4O5/c1-35-20-10-14(12-28-31-24(34)23(33)30-18-4-2-3-15(25)11-18)9-19(27)22(20)36-13-21(32)29-17-7-5-16(26)6-8-17/h2-12H,13H2,1H3,(H,29,32)(H,30,33)(H,31,34)/b28-12-. The Morgan fingerprint density at radius 2 is 1.78 bits per heavy atom. The van der Waals surface area contributed by atoms with Crippen molar-refractivity contribution in [2.45, 2.75) is 0 Å². The van der Waals surface area contributed by atoms with Crippen molar-refractivity contribution in [2.24, 2.45) is 5.10 Å². The molecule has 9 nitrogen and oxygen atoms in total. The lowest BCUT2D eigenvalue weighted by molar-refractivity contribution is -0.136. The molecule has 186 valence electrons. The number of hydrogen-bond acceptors (Lipinski definition) is 6. The number of nitrogens with zero attached hydrogens (tertiary/aromatic N) is 1. The molecule has 3 aromatic carbocycles. The van der Waals surface area contributed by atoms with Crippen molar-refractivity contribution in [2.75, 3.05) is 24.4 Å². The minimum absolute atomic E-state index is 0.311. The molecular formula is C24H19ClFIN4O5. The van der Waals surface area contributed by atoms with Gasteiger partial charge in [-0.3, -0.25) is 14.4 Å². The molecule has 0 saturated heterocycles. The highest BCUT2D eigenvalue weighted by Gasteiger charge is 2.15. The second-order valence-electron chi connectivity index (χ2n) is 7.04. The van der Waals surface area contributed by atoms with E-state index in [0.717, 1.165) is 0 Å². The number of nitrogens with one attached hydrogen (secondary N) is 3. The summed E-state index contributed by atoms with van der Waals surface area (Å²) in [7, 11) is 1.43. The number of hydrogen-bond donors (Lipinski definition) is 3. The fourth-order valence-electron chi connectivity index (χ4n) is 2.79. The largest absolute Gasteiger partial charge is 0.493 e. The summed E-state index contributed by atoms with van der Waals surface area (Å²) in [6.45, 7) is -0.311. The van der Waals surface area contributed by atoms with Crippen LogP contribution >= 0.6 is 34.2 Å². The monoisotopic (exact) mass is 624 g/mol. The number of ether oxygens (including phenoxy) is 2. The lowest BCUT2D eigenvalue weighted by Crippen LogP contribution is -2.32. The number of rotatable bonds is 8. The van der Waals surface area contributed by atoms with Crippen LogP contribution in [0.25, 0.3) is 0 Å². The summed E-state index contributed by atoms with van der Waals surface area (Å²) < 4.78 is 24.6. The van der Waals surface area contributed by atoms with E-state index in [-0.39, 0.29) is 6.61 Å². The van der Waals surface area contributed by atoms with Gasteiger partial charge in [0.05, 0.1) is 16.9 Å². The first kappa shape index (κ1) is 26.9. The summed E-state index contributed by atoms with van der Waals surface area (Å²) in [5.74, 6) is -2.09. The highest BCUT2D eigenvalue weighted by Crippen LogP contribution is 2.33. The summed E-state index contributed by atoms with van der Waals surface area (Å²) in [5, 5.41) is 9.22. The number of methoxy groups -OCH3 is 1. The molecule has 0 aliphatic carbocycles. The topological polar surface area (TPSA) is 118 Å². The van der Waals surface area contributed by atoms with Crippen LogP contribution in [0, 0.1) is 9.39 Å². The summed E-state index contributed by atoms with van der Waals surface area (Å²) in [5.41, 5.74) is 3.48. The zero-order valence-electron chi connectivity index (χ0n) is 18.7. The van der Waals surface area contributed by atoms with Crippen LogP contribution < -0.4 is 25.5 Å². The average molecular weight is 625 g/mol. The van der Waals surface area contributed by atoms with Crippen LogP contribution in [-0.2, 0) is 14.4 Å². The van der Waals surface area contributed by atoms with Crippen LogP contribution in [0.2, 0.25) is 5.02 Å². The Kier molecular flexibility index (Phi) is 9.59. The first-order valence-electron chi connectivity index (χ1n) is 10.2. The lowest BCUT2D eigenvalue weighted by Gasteiger charge is -2.13. The Hall–Kier alpha value is -3.71. The fourth-order valence-corrected chi connectivity index (χ4v) is 3.76. The highest BCUT2D eigenvalue weighted by atomic mass is 127. The predicted molar refractivity (Wildman–Crippen MR) is 142 cm³/mol. The van der Waals surface area contributed by atoms with E-state index in [0.29, 0.717) is 37.0 Å². The summed E-state index contributed by atoms with van der Waals surface area (Å²) in [6, 6.07) is 15.0. The van der Waals surface area contributed by atoms with E-state index in [2.05, 4.69) is 21.2 Å². The van der Waals surface area contributed by atoms with Gasteiger partial charge in [-0.2, -0.15) is 5.10 Å². The molecule has 3 aromatic rings. The molecule has 3 amide bonds. The smallest absolute Gasteiger partial charge is 0.329 e. The maximum absolute atomic E-state index is 13.0. The molecule has 0 atom stereocenters. The summed E-state index contributed by atoms with van der Waals surface area (Å²) in [4.78, 5) is 36.2. The molecule has 0 bridgehead atoms. The third kappa shape index (κ3) is 7.92. The Bertz CT molecular complexity index is 1300. The fraction of sp³-hybridized carbons (Fsp3) is 0.0833. The van der Waals surface area contributed by atoms with Gasteiger partial charge in [-0.25, -0.2) is 9.82 Å². The number of hydrazone groups is 1. The van der Waals surface area contributed by atoms with Gasteiger partial charge in [0.25, 0.3) is 5.91 Å². The number of carbonyl (C=O) groups is 3. The van der Waals surface area contributed by atoms with Gasteiger partial charge in [0.15, 0.2) is 18.1 Å². The van der Waals surface area contributed by atoms with E-state index in [1.165, 1.54) is 43.7 Å². The molecule has 0 aliphatic heterocycles. The normalized spacial score (nSPS) is 10.6. The van der Waals surface area contributed by atoms with Crippen molar-refractivity contribution in [3.05, 3.63) is 80.6 Å². The molecule has 0 radical (unpaired) electrons. The van der Waals surface area contributed by atoms with E-state index in [1.54, 1.807) is 30.3 Å². The van der Waals surface area contributed by atoms with E-state index in [9.17, 15) is 18.8 Å². The van der Waals surface area contributed by atoms with Crippen LogP contribution in [0.3, 0.4) is 0 Å². The minimum Gasteiger partial charge on any atom is -0.493 e. The second-order valence-corrected chi connectivity index (χ2v) is 8.64. The van der Waals surface area contributed by atoms with E-state index in [4.69, 9.17) is 21.1 Å². The first-order chi connectivity index (χ1) is 17.2. The lowest BCUT2D eigenvalue weighted by atomic mass is 10.2. The molecule has 36 heavy (non-hydrogen) atoms. The molecule has 0 spiro atoms. The van der Waals surface area contributed by atoms with Gasteiger partial charge in [0.2, 0.25) is 0 Å². The molecule has 0 fully saturated rings. The number of carbonyl (C=O) groups excluding carboxylic acids is 3. The minimum atomic E-state index is -0.972. The molecule has 3 rings (SSSR count). The van der Waals surface area contributed by atoms with Crippen molar-refractivity contribution in [3.8, 4) is 11.5 Å². The maximum atomic E-state index is 13.0. The molecule has 0 aliphatic rings. The quantitative estimate of drug-likeness (QED) is 0.150. The van der Waals surface area contributed by atoms with Gasteiger partial charge in [0, 0.05) is 16.4 Å². The number of anilines is 2. The third-order valence-corrected chi connectivity index (χ3v) is 5.43. The van der Waals surface area contributed by atoms with Gasteiger partial charge < -0.3 is 20.1 Å². The van der Waals surface area contributed by atoms with Gasteiger partial charge >= 0.3 is 11.8 Å². The Morgan fingerprint density at radius 3 is 2.47 bits per heavy atom. The number of amides is 3. The predicted octanol–water partition coefficient (Wildman–Crippen LogP) is 4.20. The highest BCUT2D eigenvalue weighted by molar-refractivity contribution is 14.1. The maximum Gasteiger partial charge on any atom is 0.329 e. The Labute approximate surface area is 224 Å². The van der Waals surface area contributed by atoms with Crippen molar-refractivity contribution in [1.82, 2.24) is 5.43 Å². The van der Waals surface area contributed by atoms with E-state index >= 15 is 0 Å². The zero-order chi connectivity index (χ0) is 26.1. The van der Waals surface area contributed by atoms with E-state index in [1.807, 2.05) is 22.6 Å². The summed E-state index contributed by atoms with van der Waals surface area (Å²) >= 11 is 7.85. The number of halogens is 3. The molecule has 3 N–H and O–H groups in total. The third-order valence-electron chi connectivity index (χ3n) is 4.40. The van der Waals surface area contributed by atoms with Gasteiger partial charge in [0.1, 0.15) is 5.82 Å². The molecule has 12 heteroatoms. The molecule has 0 saturated carbocycles. The Balaban J connectivity index is 1.57. The van der Waals surface area contributed by atoms with Gasteiger partial charge in [-0.1, -0.05) is 17.7 Å². The van der Waals surface area contributed by atoms with Crippen molar-refractivity contribution in [3.63, 3.8) is 0 Å². The second kappa shape index (κ2) is 12.8. The van der Waals surface area contributed by atoms with Crippen molar-refractivity contribution in [1.29, 1.82) is 0 Å². The van der Waals surface area contributed by atoms with Gasteiger partial charge in [-0.15, -0.1) is 0 Å². The first-order valence-corrected chi connectivity index (χ1v) is 11.7. The van der Waals surface area contributed by atoms with Crippen molar-refractivity contribution >= 4 is 69.5 Å². The van der Waals surface area contributed by atoms with Crippen LogP contribution in [0.1, 0.15) is 5.56 Å². The number of benzene rings is 3. The molecular weight excluding hydrogens is 606 g/mol. The van der Waals surface area contributed by atoms with E-state index < -0.39 is 23.5 Å². The molecule has 0 aromatic heterocycles. The van der Waals surface area contributed by atoms with Crippen molar-refractivity contribution < 1.29 is 28.2 Å². The Morgan fingerprint density at radius 1 is 1.03 bits per heavy atom. The molecule has 0 unspecified atom stereocenters. The van der Waals surface area contributed by atoms with Crippen LogP contribution in [-0.4, -0.2) is 37.7 Å². The average Bonchev–Trinajstić information content (AvgIpc) is 2.84. The SMILES string of the molecule is COc1cc(/C=N\NC(=O)C(=O)Nc2cccc(Cl)c2)cc(I)c1OCC(=O)Nc1ccc(F)cc1. The zero-order valence-corrected chi connectivity index (χ0v) is 21.6. The van der Waals surface area contributed by atoms with Crippen LogP contribution in [0.5, 0.6) is 11.5 Å². The van der Waals surface area contributed by atoms with Gasteiger partial charge in [-0.05, 0) is 82.8 Å². The van der Waals surface area contributed by atoms with Crippen LogP contribution in [0.15, 0.2) is 65.8 Å². The molecule has 0 heterocycles.